The zero-order chi connectivity index (χ0) is 32.6. The highest BCUT2D eigenvalue weighted by Gasteiger charge is 2.37. The molecule has 0 radical (unpaired) electrons. The molecule has 2 aliphatic heterocycles. The van der Waals surface area contributed by atoms with E-state index < -0.39 is 23.6 Å². The zero-order valence-electron chi connectivity index (χ0n) is 26.2. The van der Waals surface area contributed by atoms with Crippen molar-refractivity contribution in [3.05, 3.63) is 76.3 Å². The molecule has 0 bridgehead atoms. The molecule has 1 amide bonds. The van der Waals surface area contributed by atoms with Crippen LogP contribution in [0.1, 0.15) is 37.4 Å². The standard InChI is InChI=1S/C34H38ClF2N7O2/c1-22(36)32(45)44-16-15-43(20-24(44)19-38-3)31-25-11-14-42(28-8-5-7-23-9-10-26(37)30(35)29(23)28)21-27(25)39-33(40-31)46-18-17-41(4)34(2)12-6-13-34/h5,7-10,24H,1,6,11-21H2,2,4H3/t24-/m0/s1. The largest absolute Gasteiger partial charge is 0.462 e. The first-order valence-electron chi connectivity index (χ1n) is 15.7. The minimum atomic E-state index is -1.03. The maximum absolute atomic E-state index is 14.6. The summed E-state index contributed by atoms with van der Waals surface area (Å²) in [4.78, 5) is 33.7. The summed E-state index contributed by atoms with van der Waals surface area (Å²) in [7, 11) is 2.11. The third-order valence-electron chi connectivity index (χ3n) is 9.86. The number of carbonyl (C=O) groups excluding carboxylic acids is 1. The van der Waals surface area contributed by atoms with Crippen molar-refractivity contribution in [2.75, 3.05) is 62.7 Å². The molecule has 6 rings (SSSR count). The van der Waals surface area contributed by atoms with Crippen LogP contribution < -0.4 is 14.5 Å². The van der Waals surface area contributed by atoms with Crippen molar-refractivity contribution in [2.45, 2.75) is 50.7 Å². The highest BCUT2D eigenvalue weighted by molar-refractivity contribution is 6.36. The van der Waals surface area contributed by atoms with Gasteiger partial charge >= 0.3 is 6.01 Å². The average Bonchev–Trinajstić information content (AvgIpc) is 3.04. The molecular formula is C34H38ClF2N7O2. The van der Waals surface area contributed by atoms with E-state index in [9.17, 15) is 13.6 Å². The van der Waals surface area contributed by atoms with Crippen molar-refractivity contribution in [3.8, 4) is 6.01 Å². The fourth-order valence-electron chi connectivity index (χ4n) is 6.82. The van der Waals surface area contributed by atoms with Crippen LogP contribution in [0.4, 0.5) is 20.3 Å². The number of carbonyl (C=O) groups is 1. The molecule has 1 saturated carbocycles. The van der Waals surface area contributed by atoms with Gasteiger partial charge < -0.3 is 24.3 Å². The molecule has 2 fully saturated rings. The van der Waals surface area contributed by atoms with E-state index in [4.69, 9.17) is 32.9 Å². The van der Waals surface area contributed by atoms with Crippen molar-refractivity contribution in [2.24, 2.45) is 0 Å². The topological polar surface area (TPSA) is 69.4 Å². The molecule has 12 heteroatoms. The number of ether oxygens (including phenoxy) is 1. The maximum atomic E-state index is 14.6. The summed E-state index contributed by atoms with van der Waals surface area (Å²) in [6, 6.07) is 8.63. The Bertz CT molecular complexity index is 1710. The van der Waals surface area contributed by atoms with E-state index in [1.54, 1.807) is 6.07 Å². The number of amides is 1. The molecule has 0 N–H and O–H groups in total. The number of halogens is 3. The van der Waals surface area contributed by atoms with E-state index in [1.807, 2.05) is 18.2 Å². The molecule has 0 unspecified atom stereocenters. The molecule has 1 aromatic heterocycles. The third kappa shape index (κ3) is 6.08. The number of fused-ring (bicyclic) bond motifs is 2. The molecule has 0 spiro atoms. The number of nitrogens with zero attached hydrogens (tertiary/aromatic N) is 7. The summed E-state index contributed by atoms with van der Waals surface area (Å²) in [5.41, 5.74) is 2.75. The Morgan fingerprint density at radius 1 is 1.22 bits per heavy atom. The van der Waals surface area contributed by atoms with Gasteiger partial charge in [-0.05, 0) is 57.2 Å². The number of anilines is 2. The van der Waals surface area contributed by atoms with E-state index in [0.717, 1.165) is 41.7 Å². The molecule has 3 aliphatic rings. The monoisotopic (exact) mass is 649 g/mol. The number of hydrogen-bond donors (Lipinski definition) is 0. The van der Waals surface area contributed by atoms with Gasteiger partial charge in [-0.1, -0.05) is 36.4 Å². The quantitative estimate of drug-likeness (QED) is 0.219. The lowest BCUT2D eigenvalue weighted by atomic mass is 9.77. The van der Waals surface area contributed by atoms with Gasteiger partial charge in [-0.3, -0.25) is 9.69 Å². The lowest BCUT2D eigenvalue weighted by Gasteiger charge is -2.46. The summed E-state index contributed by atoms with van der Waals surface area (Å²) in [5.74, 6) is -1.59. The highest BCUT2D eigenvalue weighted by atomic mass is 35.5. The summed E-state index contributed by atoms with van der Waals surface area (Å²) in [6.07, 6.45) is 4.16. The van der Waals surface area contributed by atoms with Gasteiger partial charge in [-0.15, -0.1) is 0 Å². The Morgan fingerprint density at radius 2 is 2.02 bits per heavy atom. The molecule has 1 aliphatic carbocycles. The summed E-state index contributed by atoms with van der Waals surface area (Å²) in [5, 5.41) is 1.59. The molecule has 1 saturated heterocycles. The SMILES string of the molecule is [C-]#[N+]C[C@H]1CN(c2nc(OCCN(C)C3(C)CCC3)nc3c2CCN(c2cccc4ccc(F)c(Cl)c24)C3)CCN1C(=O)C(=C)F. The average molecular weight is 650 g/mol. The van der Waals surface area contributed by atoms with Gasteiger partial charge in [0.05, 0.1) is 17.3 Å². The molecule has 1 atom stereocenters. The maximum Gasteiger partial charge on any atom is 0.318 e. The number of hydrogen-bond acceptors (Lipinski definition) is 7. The number of benzene rings is 2. The van der Waals surface area contributed by atoms with E-state index in [0.29, 0.717) is 50.4 Å². The second kappa shape index (κ2) is 13.0. The van der Waals surface area contributed by atoms with Crippen LogP contribution in [-0.2, 0) is 17.8 Å². The fraction of sp³-hybridized carbons (Fsp3) is 0.471. The van der Waals surface area contributed by atoms with Crippen molar-refractivity contribution < 1.29 is 18.3 Å². The van der Waals surface area contributed by atoms with E-state index in [1.165, 1.54) is 17.4 Å². The molecule has 46 heavy (non-hydrogen) atoms. The van der Waals surface area contributed by atoms with Crippen LogP contribution >= 0.6 is 11.6 Å². The van der Waals surface area contributed by atoms with E-state index in [2.05, 4.69) is 40.1 Å². The van der Waals surface area contributed by atoms with Crippen LogP contribution in [0.25, 0.3) is 15.6 Å². The van der Waals surface area contributed by atoms with E-state index in [-0.39, 0.29) is 29.7 Å². The minimum Gasteiger partial charge on any atom is -0.462 e. The lowest BCUT2D eigenvalue weighted by Crippen LogP contribution is -2.57. The van der Waals surface area contributed by atoms with Crippen molar-refractivity contribution in [1.29, 1.82) is 0 Å². The van der Waals surface area contributed by atoms with Gasteiger partial charge in [0.15, 0.2) is 5.83 Å². The minimum absolute atomic E-state index is 0.0312. The predicted octanol–water partition coefficient (Wildman–Crippen LogP) is 5.66. The van der Waals surface area contributed by atoms with Crippen molar-refractivity contribution in [1.82, 2.24) is 19.8 Å². The Labute approximate surface area is 273 Å². The Morgan fingerprint density at radius 3 is 2.74 bits per heavy atom. The van der Waals surface area contributed by atoms with Crippen molar-refractivity contribution in [3.63, 3.8) is 0 Å². The number of likely N-dealkylation sites (N-methyl/N-ethyl adjacent to an activating group) is 1. The second-order valence-electron chi connectivity index (χ2n) is 12.6. The van der Waals surface area contributed by atoms with Crippen LogP contribution in [0.15, 0.2) is 42.7 Å². The first-order valence-corrected chi connectivity index (χ1v) is 16.1. The highest BCUT2D eigenvalue weighted by Crippen LogP contribution is 2.39. The van der Waals surface area contributed by atoms with Gasteiger partial charge in [-0.25, -0.2) is 15.4 Å². The van der Waals surface area contributed by atoms with Crippen LogP contribution in [0, 0.1) is 12.4 Å². The van der Waals surface area contributed by atoms with Crippen LogP contribution in [-0.4, -0.2) is 90.2 Å². The third-order valence-corrected chi connectivity index (χ3v) is 10.2. The predicted molar refractivity (Wildman–Crippen MR) is 176 cm³/mol. The Hall–Kier alpha value is -4.01. The van der Waals surface area contributed by atoms with Gasteiger partial charge in [0, 0.05) is 54.9 Å². The molecule has 242 valence electrons. The number of aromatic nitrogens is 2. The van der Waals surface area contributed by atoms with Crippen molar-refractivity contribution >= 4 is 39.8 Å². The van der Waals surface area contributed by atoms with Gasteiger partial charge in [0.1, 0.15) is 24.3 Å². The normalized spacial score (nSPS) is 19.1. The molecule has 9 nitrogen and oxygen atoms in total. The number of piperazine rings is 1. The smallest absolute Gasteiger partial charge is 0.318 e. The fourth-order valence-corrected chi connectivity index (χ4v) is 7.09. The lowest BCUT2D eigenvalue weighted by molar-refractivity contribution is -0.131. The molecule has 3 heterocycles. The number of rotatable bonds is 9. The molecular weight excluding hydrogens is 612 g/mol. The first kappa shape index (κ1) is 32.0. The van der Waals surface area contributed by atoms with Gasteiger partial charge in [0.25, 0.3) is 5.91 Å². The Kier molecular flexibility index (Phi) is 9.03. The van der Waals surface area contributed by atoms with Gasteiger partial charge in [0.2, 0.25) is 6.54 Å². The first-order chi connectivity index (χ1) is 22.1. The molecule has 2 aromatic carbocycles. The molecule has 3 aromatic rings. The second-order valence-corrected chi connectivity index (χ2v) is 13.0. The van der Waals surface area contributed by atoms with Crippen LogP contribution in [0.3, 0.4) is 0 Å². The van der Waals surface area contributed by atoms with Crippen LogP contribution in [0.5, 0.6) is 6.01 Å². The van der Waals surface area contributed by atoms with Crippen LogP contribution in [0.2, 0.25) is 5.02 Å². The summed E-state index contributed by atoms with van der Waals surface area (Å²) >= 11 is 6.49. The zero-order valence-corrected chi connectivity index (χ0v) is 27.0. The summed E-state index contributed by atoms with van der Waals surface area (Å²) < 4.78 is 34.6. The van der Waals surface area contributed by atoms with E-state index >= 15 is 0 Å². The Balaban J connectivity index is 1.32. The van der Waals surface area contributed by atoms with Gasteiger partial charge in [-0.2, -0.15) is 9.97 Å². The summed E-state index contributed by atoms with van der Waals surface area (Å²) in [6.45, 7) is 16.1.